The summed E-state index contributed by atoms with van der Waals surface area (Å²) in [5, 5.41) is 2.84. The van der Waals surface area contributed by atoms with Crippen LogP contribution in [0, 0.1) is 13.8 Å². The van der Waals surface area contributed by atoms with Gasteiger partial charge >= 0.3 is 5.97 Å². The molecule has 0 heterocycles. The molecule has 0 spiro atoms. The van der Waals surface area contributed by atoms with E-state index in [2.05, 4.69) is 42.1 Å². The average molecular weight is 311 g/mol. The van der Waals surface area contributed by atoms with Crippen LogP contribution in [0.2, 0.25) is 0 Å². The van der Waals surface area contributed by atoms with Crippen molar-refractivity contribution < 1.29 is 14.3 Å². The van der Waals surface area contributed by atoms with E-state index in [1.165, 1.54) is 23.8 Å². The van der Waals surface area contributed by atoms with E-state index in [0.717, 1.165) is 0 Å². The third kappa shape index (κ3) is 4.68. The maximum Gasteiger partial charge on any atom is 0.337 e. The predicted octanol–water partition coefficient (Wildman–Crippen LogP) is 3.66. The van der Waals surface area contributed by atoms with E-state index < -0.39 is 5.97 Å². The molecule has 4 nitrogen and oxygen atoms in total. The van der Waals surface area contributed by atoms with E-state index in [1.54, 1.807) is 24.3 Å². The van der Waals surface area contributed by atoms with Gasteiger partial charge in [-0.2, -0.15) is 0 Å². The molecule has 0 fully saturated rings. The number of rotatable bonds is 5. The van der Waals surface area contributed by atoms with Crippen molar-refractivity contribution in [2.75, 3.05) is 12.4 Å². The van der Waals surface area contributed by atoms with E-state index in [9.17, 15) is 9.59 Å². The van der Waals surface area contributed by atoms with Gasteiger partial charge in [-0.25, -0.2) is 4.79 Å². The highest BCUT2D eigenvalue weighted by Gasteiger charge is 2.07. The van der Waals surface area contributed by atoms with E-state index in [4.69, 9.17) is 0 Å². The third-order valence-corrected chi connectivity index (χ3v) is 3.71. The molecule has 23 heavy (non-hydrogen) atoms. The Bertz CT molecular complexity index is 705. The number of benzene rings is 2. The summed E-state index contributed by atoms with van der Waals surface area (Å²) in [5.41, 5.74) is 4.75. The largest absolute Gasteiger partial charge is 0.465 e. The van der Waals surface area contributed by atoms with Crippen LogP contribution in [-0.4, -0.2) is 19.0 Å². The van der Waals surface area contributed by atoms with Gasteiger partial charge in [-0.3, -0.25) is 4.79 Å². The molecule has 2 aromatic rings. The van der Waals surface area contributed by atoms with Gasteiger partial charge in [0.15, 0.2) is 0 Å². The highest BCUT2D eigenvalue weighted by atomic mass is 16.5. The Morgan fingerprint density at radius 2 is 1.74 bits per heavy atom. The highest BCUT2D eigenvalue weighted by molar-refractivity contribution is 5.93. The van der Waals surface area contributed by atoms with Gasteiger partial charge in [0.05, 0.1) is 12.7 Å². The summed E-state index contributed by atoms with van der Waals surface area (Å²) in [6.45, 7) is 4.12. The Hall–Kier alpha value is -2.62. The lowest BCUT2D eigenvalue weighted by Crippen LogP contribution is -2.13. The molecule has 0 saturated carbocycles. The summed E-state index contributed by atoms with van der Waals surface area (Å²) in [7, 11) is 1.34. The van der Waals surface area contributed by atoms with Crippen molar-refractivity contribution in [3.8, 4) is 0 Å². The quantitative estimate of drug-likeness (QED) is 0.857. The fourth-order valence-corrected chi connectivity index (χ4v) is 2.41. The molecular weight excluding hydrogens is 290 g/mol. The molecule has 0 bridgehead atoms. The molecule has 1 amide bonds. The zero-order chi connectivity index (χ0) is 16.8. The van der Waals surface area contributed by atoms with Crippen LogP contribution in [0.5, 0.6) is 0 Å². The van der Waals surface area contributed by atoms with Gasteiger partial charge < -0.3 is 10.1 Å². The molecular formula is C19H21NO3. The maximum atomic E-state index is 12.0. The zero-order valence-corrected chi connectivity index (χ0v) is 13.7. The van der Waals surface area contributed by atoms with Gasteiger partial charge in [-0.1, -0.05) is 23.8 Å². The van der Waals surface area contributed by atoms with Crippen molar-refractivity contribution in [3.05, 3.63) is 64.7 Å². The Morgan fingerprint density at radius 1 is 1.04 bits per heavy atom. The van der Waals surface area contributed by atoms with E-state index in [0.29, 0.717) is 24.1 Å². The van der Waals surface area contributed by atoms with Crippen molar-refractivity contribution in [1.29, 1.82) is 0 Å². The van der Waals surface area contributed by atoms with Crippen LogP contribution in [0.3, 0.4) is 0 Å². The lowest BCUT2D eigenvalue weighted by molar-refractivity contribution is -0.116. The number of ether oxygens (including phenoxy) is 1. The van der Waals surface area contributed by atoms with Crippen molar-refractivity contribution in [3.63, 3.8) is 0 Å². The molecule has 0 aliphatic heterocycles. The smallest absolute Gasteiger partial charge is 0.337 e. The number of aryl methyl sites for hydroxylation is 3. The van der Waals surface area contributed by atoms with Crippen LogP contribution in [0.4, 0.5) is 5.69 Å². The number of carbonyl (C=O) groups is 2. The van der Waals surface area contributed by atoms with E-state index in [-0.39, 0.29) is 5.91 Å². The number of methoxy groups -OCH3 is 1. The molecule has 1 N–H and O–H groups in total. The van der Waals surface area contributed by atoms with Crippen LogP contribution in [0.1, 0.15) is 33.5 Å². The third-order valence-electron chi connectivity index (χ3n) is 3.71. The van der Waals surface area contributed by atoms with Gasteiger partial charge in [0.1, 0.15) is 0 Å². The second-order valence-corrected chi connectivity index (χ2v) is 5.55. The predicted molar refractivity (Wildman–Crippen MR) is 90.6 cm³/mol. The molecule has 120 valence electrons. The van der Waals surface area contributed by atoms with Gasteiger partial charge in [0.25, 0.3) is 0 Å². The Kier molecular flexibility index (Phi) is 5.52. The molecule has 2 aromatic carbocycles. The second-order valence-electron chi connectivity index (χ2n) is 5.55. The van der Waals surface area contributed by atoms with E-state index >= 15 is 0 Å². The summed E-state index contributed by atoms with van der Waals surface area (Å²) in [4.78, 5) is 23.4. The van der Waals surface area contributed by atoms with Crippen LogP contribution >= 0.6 is 0 Å². The Morgan fingerprint density at radius 3 is 2.35 bits per heavy atom. The second kappa shape index (κ2) is 7.58. The van der Waals surface area contributed by atoms with E-state index in [1.807, 2.05) is 0 Å². The molecule has 0 atom stereocenters. The fourth-order valence-electron chi connectivity index (χ4n) is 2.41. The minimum Gasteiger partial charge on any atom is -0.465 e. The molecule has 2 rings (SSSR count). The number of amides is 1. The SMILES string of the molecule is COC(=O)c1ccc(NC(=O)CCc2ccc(C)cc2C)cc1. The summed E-state index contributed by atoms with van der Waals surface area (Å²) >= 11 is 0. The number of anilines is 1. The number of hydrogen-bond acceptors (Lipinski definition) is 3. The van der Waals surface area contributed by atoms with Crippen molar-refractivity contribution in [2.45, 2.75) is 26.7 Å². The van der Waals surface area contributed by atoms with Gasteiger partial charge in [0.2, 0.25) is 5.91 Å². The molecule has 0 aromatic heterocycles. The van der Waals surface area contributed by atoms with Crippen molar-refractivity contribution >= 4 is 17.6 Å². The lowest BCUT2D eigenvalue weighted by atomic mass is 10.0. The van der Waals surface area contributed by atoms with Crippen LogP contribution in [0.15, 0.2) is 42.5 Å². The minimum atomic E-state index is -0.391. The molecule has 0 radical (unpaired) electrons. The summed E-state index contributed by atoms with van der Waals surface area (Å²) in [6, 6.07) is 12.9. The Labute approximate surface area is 136 Å². The van der Waals surface area contributed by atoms with Crippen LogP contribution < -0.4 is 5.32 Å². The summed E-state index contributed by atoms with van der Waals surface area (Å²) in [5.74, 6) is -0.437. The van der Waals surface area contributed by atoms with Gasteiger partial charge in [-0.05, 0) is 55.7 Å². The first kappa shape index (κ1) is 16.7. The zero-order valence-electron chi connectivity index (χ0n) is 13.7. The minimum absolute atomic E-state index is 0.0456. The van der Waals surface area contributed by atoms with Crippen molar-refractivity contribution in [1.82, 2.24) is 0 Å². The number of nitrogens with one attached hydrogen (secondary N) is 1. The molecule has 0 aliphatic rings. The topological polar surface area (TPSA) is 55.4 Å². The molecule has 0 saturated heterocycles. The standard InChI is InChI=1S/C19H21NO3/c1-13-4-5-15(14(2)12-13)8-11-18(21)20-17-9-6-16(7-10-17)19(22)23-3/h4-7,9-10,12H,8,11H2,1-3H3,(H,20,21). The summed E-state index contributed by atoms with van der Waals surface area (Å²) < 4.78 is 4.64. The molecule has 4 heteroatoms. The first-order valence-electron chi connectivity index (χ1n) is 7.54. The molecule has 0 aliphatic carbocycles. The number of hydrogen-bond donors (Lipinski definition) is 1. The lowest BCUT2D eigenvalue weighted by Gasteiger charge is -2.08. The van der Waals surface area contributed by atoms with Crippen LogP contribution in [0.25, 0.3) is 0 Å². The first-order chi connectivity index (χ1) is 11.0. The monoisotopic (exact) mass is 311 g/mol. The number of carbonyl (C=O) groups excluding carboxylic acids is 2. The number of esters is 1. The van der Waals surface area contributed by atoms with Gasteiger partial charge in [-0.15, -0.1) is 0 Å². The summed E-state index contributed by atoms with van der Waals surface area (Å²) in [6.07, 6.45) is 1.13. The first-order valence-corrected chi connectivity index (χ1v) is 7.54. The van der Waals surface area contributed by atoms with Gasteiger partial charge in [0, 0.05) is 12.1 Å². The normalized spacial score (nSPS) is 10.2. The fraction of sp³-hybridized carbons (Fsp3) is 0.263. The average Bonchev–Trinajstić information content (AvgIpc) is 2.54. The van der Waals surface area contributed by atoms with Crippen LogP contribution in [-0.2, 0) is 16.0 Å². The Balaban J connectivity index is 1.90. The maximum absolute atomic E-state index is 12.0. The molecule has 0 unspecified atom stereocenters. The van der Waals surface area contributed by atoms with Crippen molar-refractivity contribution in [2.24, 2.45) is 0 Å². The highest BCUT2D eigenvalue weighted by Crippen LogP contribution is 2.14.